The summed E-state index contributed by atoms with van der Waals surface area (Å²) in [6, 6.07) is 6.35. The van der Waals surface area contributed by atoms with E-state index in [9.17, 15) is 10.1 Å². The molecule has 6 nitrogen and oxygen atoms in total. The normalized spacial score (nSPS) is 10.2. The van der Waals surface area contributed by atoms with E-state index in [1.807, 2.05) is 18.7 Å². The van der Waals surface area contributed by atoms with Crippen LogP contribution in [0.25, 0.3) is 0 Å². The van der Waals surface area contributed by atoms with Crippen molar-refractivity contribution in [3.05, 3.63) is 33.9 Å². The Morgan fingerprint density at radius 3 is 2.67 bits per heavy atom. The van der Waals surface area contributed by atoms with Crippen LogP contribution in [0.1, 0.15) is 19.4 Å². The van der Waals surface area contributed by atoms with Gasteiger partial charge >= 0.3 is 0 Å². The van der Waals surface area contributed by atoms with Crippen molar-refractivity contribution in [1.82, 2.24) is 0 Å². The van der Waals surface area contributed by atoms with Gasteiger partial charge in [0.15, 0.2) is 0 Å². The van der Waals surface area contributed by atoms with Crippen molar-refractivity contribution >= 4 is 11.4 Å². The molecule has 0 saturated heterocycles. The number of anilines is 1. The van der Waals surface area contributed by atoms with Gasteiger partial charge in [0.05, 0.1) is 11.5 Å². The molecule has 1 rings (SSSR count). The molecule has 0 saturated carbocycles. The maximum absolute atomic E-state index is 10.9. The van der Waals surface area contributed by atoms with E-state index in [2.05, 4.69) is 0 Å². The number of nitro groups is 1. The highest BCUT2D eigenvalue weighted by Crippen LogP contribution is 2.26. The Kier molecular flexibility index (Phi) is 4.63. The molecule has 0 fully saturated rings. The van der Waals surface area contributed by atoms with Gasteiger partial charge in [-0.3, -0.25) is 10.1 Å². The number of nitriles is 1. The summed E-state index contributed by atoms with van der Waals surface area (Å²) in [6.45, 7) is 4.21. The standard InChI is InChI=1S/C12H15N3O3/c1-9(2)14(5-6-16)11-4-3-10(8-13)12(7-11)15(17)18/h3-4,7,9,16H,5-6H2,1-2H3. The Labute approximate surface area is 105 Å². The minimum Gasteiger partial charge on any atom is -0.395 e. The minimum atomic E-state index is -0.570. The Hall–Kier alpha value is -2.13. The van der Waals surface area contributed by atoms with Gasteiger partial charge in [-0.1, -0.05) is 0 Å². The first kappa shape index (κ1) is 13.9. The monoisotopic (exact) mass is 249 g/mol. The molecule has 96 valence electrons. The van der Waals surface area contributed by atoms with Crippen LogP contribution in [0, 0.1) is 21.4 Å². The summed E-state index contributed by atoms with van der Waals surface area (Å²) >= 11 is 0. The highest BCUT2D eigenvalue weighted by atomic mass is 16.6. The molecule has 18 heavy (non-hydrogen) atoms. The van der Waals surface area contributed by atoms with Crippen molar-refractivity contribution in [2.75, 3.05) is 18.1 Å². The first-order chi connectivity index (χ1) is 8.51. The van der Waals surface area contributed by atoms with Crippen LogP contribution in [0.4, 0.5) is 11.4 Å². The summed E-state index contributed by atoms with van der Waals surface area (Å²) in [5.41, 5.74) is 0.458. The van der Waals surface area contributed by atoms with Gasteiger partial charge in [-0.25, -0.2) is 0 Å². The molecule has 0 aliphatic heterocycles. The molecule has 0 heterocycles. The fourth-order valence-electron chi connectivity index (χ4n) is 1.74. The third kappa shape index (κ3) is 2.96. The van der Waals surface area contributed by atoms with Crippen LogP contribution in [0.2, 0.25) is 0 Å². The van der Waals surface area contributed by atoms with Gasteiger partial charge in [0.1, 0.15) is 11.6 Å². The van der Waals surface area contributed by atoms with Crippen molar-refractivity contribution < 1.29 is 10.0 Å². The number of hydrogen-bond acceptors (Lipinski definition) is 5. The Balaban J connectivity index is 3.22. The second-order valence-corrected chi connectivity index (χ2v) is 4.08. The zero-order valence-corrected chi connectivity index (χ0v) is 10.3. The van der Waals surface area contributed by atoms with Crippen LogP contribution >= 0.6 is 0 Å². The third-order valence-electron chi connectivity index (χ3n) is 2.59. The topological polar surface area (TPSA) is 90.4 Å². The largest absolute Gasteiger partial charge is 0.395 e. The first-order valence-corrected chi connectivity index (χ1v) is 5.57. The Bertz CT molecular complexity index is 480. The molecule has 0 amide bonds. The van der Waals surface area contributed by atoms with E-state index in [0.29, 0.717) is 12.2 Å². The van der Waals surface area contributed by atoms with Crippen molar-refractivity contribution in [3.8, 4) is 6.07 Å². The summed E-state index contributed by atoms with van der Waals surface area (Å²) < 4.78 is 0. The maximum Gasteiger partial charge on any atom is 0.289 e. The number of nitrogens with zero attached hydrogens (tertiary/aromatic N) is 3. The summed E-state index contributed by atoms with van der Waals surface area (Å²) in [6.07, 6.45) is 0. The van der Waals surface area contributed by atoms with E-state index < -0.39 is 4.92 Å². The average Bonchev–Trinajstić information content (AvgIpc) is 2.34. The summed E-state index contributed by atoms with van der Waals surface area (Å²) in [5.74, 6) is 0. The second kappa shape index (κ2) is 5.98. The molecular weight excluding hydrogens is 234 g/mol. The fourth-order valence-corrected chi connectivity index (χ4v) is 1.74. The molecule has 0 unspecified atom stereocenters. The van der Waals surface area contributed by atoms with Gasteiger partial charge in [0.25, 0.3) is 5.69 Å². The van der Waals surface area contributed by atoms with Gasteiger partial charge in [0, 0.05) is 24.3 Å². The van der Waals surface area contributed by atoms with E-state index in [-0.39, 0.29) is 23.9 Å². The molecule has 0 radical (unpaired) electrons. The summed E-state index contributed by atoms with van der Waals surface area (Å²) in [7, 11) is 0. The molecule has 0 bridgehead atoms. The maximum atomic E-state index is 10.9. The Morgan fingerprint density at radius 2 is 2.22 bits per heavy atom. The molecular formula is C12H15N3O3. The predicted octanol–water partition coefficient (Wildman–Crippen LogP) is 1.67. The van der Waals surface area contributed by atoms with E-state index >= 15 is 0 Å². The SMILES string of the molecule is CC(C)N(CCO)c1ccc(C#N)c([N+](=O)[O-])c1. The van der Waals surface area contributed by atoms with E-state index in [0.717, 1.165) is 0 Å². The molecule has 0 atom stereocenters. The van der Waals surface area contributed by atoms with Crippen LogP contribution in [-0.4, -0.2) is 29.2 Å². The highest BCUT2D eigenvalue weighted by molar-refractivity contribution is 5.60. The van der Waals surface area contributed by atoms with Crippen molar-refractivity contribution in [3.63, 3.8) is 0 Å². The van der Waals surface area contributed by atoms with E-state index in [4.69, 9.17) is 10.4 Å². The lowest BCUT2D eigenvalue weighted by Gasteiger charge is -2.28. The van der Waals surface area contributed by atoms with Crippen molar-refractivity contribution in [1.29, 1.82) is 5.26 Å². The number of aliphatic hydroxyl groups excluding tert-OH is 1. The van der Waals surface area contributed by atoms with Gasteiger partial charge in [0.2, 0.25) is 0 Å². The van der Waals surface area contributed by atoms with Crippen LogP contribution in [-0.2, 0) is 0 Å². The van der Waals surface area contributed by atoms with Crippen molar-refractivity contribution in [2.24, 2.45) is 0 Å². The number of rotatable bonds is 5. The lowest BCUT2D eigenvalue weighted by Crippen LogP contribution is -2.33. The molecule has 1 N–H and O–H groups in total. The van der Waals surface area contributed by atoms with Gasteiger partial charge < -0.3 is 10.0 Å². The average molecular weight is 249 g/mol. The van der Waals surface area contributed by atoms with Crippen LogP contribution in [0.3, 0.4) is 0 Å². The van der Waals surface area contributed by atoms with Crippen LogP contribution in [0.15, 0.2) is 18.2 Å². The third-order valence-corrected chi connectivity index (χ3v) is 2.59. The lowest BCUT2D eigenvalue weighted by atomic mass is 10.1. The van der Waals surface area contributed by atoms with Gasteiger partial charge in [-0.2, -0.15) is 5.26 Å². The number of hydrogen-bond donors (Lipinski definition) is 1. The lowest BCUT2D eigenvalue weighted by molar-refractivity contribution is -0.385. The molecule has 1 aromatic rings. The highest BCUT2D eigenvalue weighted by Gasteiger charge is 2.18. The molecule has 0 aliphatic rings. The van der Waals surface area contributed by atoms with E-state index in [1.165, 1.54) is 12.1 Å². The van der Waals surface area contributed by atoms with Gasteiger partial charge in [-0.05, 0) is 26.0 Å². The van der Waals surface area contributed by atoms with Crippen LogP contribution < -0.4 is 4.90 Å². The summed E-state index contributed by atoms with van der Waals surface area (Å²) in [5, 5.41) is 28.7. The van der Waals surface area contributed by atoms with Crippen LogP contribution in [0.5, 0.6) is 0 Å². The fraction of sp³-hybridized carbons (Fsp3) is 0.417. The smallest absolute Gasteiger partial charge is 0.289 e. The molecule has 0 spiro atoms. The second-order valence-electron chi connectivity index (χ2n) is 4.08. The number of aliphatic hydroxyl groups is 1. The number of benzene rings is 1. The number of nitro benzene ring substituents is 1. The minimum absolute atomic E-state index is 0.0357. The molecule has 0 aliphatic carbocycles. The molecule has 0 aromatic heterocycles. The van der Waals surface area contributed by atoms with Gasteiger partial charge in [-0.15, -0.1) is 0 Å². The zero-order chi connectivity index (χ0) is 13.7. The first-order valence-electron chi connectivity index (χ1n) is 5.57. The zero-order valence-electron chi connectivity index (χ0n) is 10.3. The predicted molar refractivity (Wildman–Crippen MR) is 67.4 cm³/mol. The molecule has 1 aromatic carbocycles. The summed E-state index contributed by atoms with van der Waals surface area (Å²) in [4.78, 5) is 12.1. The quantitative estimate of drug-likeness (QED) is 0.633. The Morgan fingerprint density at radius 1 is 1.56 bits per heavy atom. The van der Waals surface area contributed by atoms with E-state index in [1.54, 1.807) is 12.1 Å². The molecule has 6 heteroatoms. The van der Waals surface area contributed by atoms with Crippen molar-refractivity contribution in [2.45, 2.75) is 19.9 Å².